The van der Waals surface area contributed by atoms with Crippen molar-refractivity contribution in [3.8, 4) is 5.75 Å². The molecule has 1 aromatic rings. The summed E-state index contributed by atoms with van der Waals surface area (Å²) < 4.78 is 5.78. The molecule has 1 rings (SSSR count). The molecule has 0 aliphatic rings. The number of unbranched alkanes of at least 4 members (excludes halogenated alkanes) is 1. The highest BCUT2D eigenvalue weighted by Gasteiger charge is 2.24. The van der Waals surface area contributed by atoms with Crippen LogP contribution in [0.25, 0.3) is 0 Å². The zero-order valence-electron chi connectivity index (χ0n) is 13.8. The zero-order valence-corrected chi connectivity index (χ0v) is 13.8. The Balaban J connectivity index is 2.32. The standard InChI is InChI=1S/C18H31NO2/c1-4-6-8-16-9-11-17(12-10-16)21-14-7-13-18(5-2,15-20)19-3/h9-12,19-20H,4-8,13-15H2,1-3H3. The fourth-order valence-corrected chi connectivity index (χ4v) is 2.48. The van der Waals surface area contributed by atoms with Crippen LogP contribution in [0.15, 0.2) is 24.3 Å². The van der Waals surface area contributed by atoms with Crippen LogP contribution < -0.4 is 10.1 Å². The van der Waals surface area contributed by atoms with Crippen LogP contribution in [0.3, 0.4) is 0 Å². The molecule has 0 fully saturated rings. The summed E-state index contributed by atoms with van der Waals surface area (Å²) in [5, 5.41) is 12.7. The van der Waals surface area contributed by atoms with E-state index >= 15 is 0 Å². The second-order valence-electron chi connectivity index (χ2n) is 5.74. The average Bonchev–Trinajstić information content (AvgIpc) is 2.55. The molecule has 1 unspecified atom stereocenters. The highest BCUT2D eigenvalue weighted by Crippen LogP contribution is 2.18. The van der Waals surface area contributed by atoms with Gasteiger partial charge in [0.15, 0.2) is 0 Å². The van der Waals surface area contributed by atoms with Gasteiger partial charge >= 0.3 is 0 Å². The Labute approximate surface area is 129 Å². The molecule has 1 atom stereocenters. The molecule has 0 bridgehead atoms. The first-order valence-corrected chi connectivity index (χ1v) is 8.21. The maximum atomic E-state index is 9.49. The van der Waals surface area contributed by atoms with E-state index in [1.54, 1.807) is 0 Å². The summed E-state index contributed by atoms with van der Waals surface area (Å²) in [6.45, 7) is 5.18. The Bertz CT molecular complexity index is 363. The first kappa shape index (κ1) is 18.0. The number of likely N-dealkylation sites (N-methyl/N-ethyl adjacent to an activating group) is 1. The van der Waals surface area contributed by atoms with Crippen LogP contribution in [0.5, 0.6) is 5.75 Å². The maximum Gasteiger partial charge on any atom is 0.119 e. The van der Waals surface area contributed by atoms with Gasteiger partial charge in [-0.1, -0.05) is 32.4 Å². The van der Waals surface area contributed by atoms with E-state index in [0.29, 0.717) is 6.61 Å². The van der Waals surface area contributed by atoms with Crippen LogP contribution in [-0.2, 0) is 6.42 Å². The summed E-state index contributed by atoms with van der Waals surface area (Å²) in [7, 11) is 1.91. The van der Waals surface area contributed by atoms with Crippen LogP contribution in [0.2, 0.25) is 0 Å². The largest absolute Gasteiger partial charge is 0.494 e. The first-order valence-electron chi connectivity index (χ1n) is 8.21. The summed E-state index contributed by atoms with van der Waals surface area (Å²) in [6.07, 6.45) is 6.40. The van der Waals surface area contributed by atoms with Gasteiger partial charge in [0, 0.05) is 5.54 Å². The number of ether oxygens (including phenoxy) is 1. The van der Waals surface area contributed by atoms with Gasteiger partial charge in [-0.05, 0) is 56.8 Å². The lowest BCUT2D eigenvalue weighted by Crippen LogP contribution is -2.46. The summed E-state index contributed by atoms with van der Waals surface area (Å²) in [5.74, 6) is 0.936. The quantitative estimate of drug-likeness (QED) is 0.613. The third-order valence-electron chi connectivity index (χ3n) is 4.32. The van der Waals surface area contributed by atoms with Crippen molar-refractivity contribution >= 4 is 0 Å². The van der Waals surface area contributed by atoms with Crippen molar-refractivity contribution in [3.05, 3.63) is 29.8 Å². The maximum absolute atomic E-state index is 9.49. The normalized spacial score (nSPS) is 13.9. The van der Waals surface area contributed by atoms with Gasteiger partial charge in [-0.2, -0.15) is 0 Å². The van der Waals surface area contributed by atoms with Gasteiger partial charge in [0.25, 0.3) is 0 Å². The second-order valence-corrected chi connectivity index (χ2v) is 5.74. The van der Waals surface area contributed by atoms with E-state index in [1.165, 1.54) is 18.4 Å². The topological polar surface area (TPSA) is 41.5 Å². The Kier molecular flexibility index (Phi) is 8.40. The molecule has 120 valence electrons. The predicted octanol–water partition coefficient (Wildman–Crippen LogP) is 3.55. The van der Waals surface area contributed by atoms with Gasteiger partial charge in [0.2, 0.25) is 0 Å². The molecule has 0 amide bonds. The van der Waals surface area contributed by atoms with E-state index in [2.05, 4.69) is 43.4 Å². The number of hydrogen-bond donors (Lipinski definition) is 2. The Morgan fingerprint density at radius 2 is 1.86 bits per heavy atom. The molecule has 0 radical (unpaired) electrons. The Hall–Kier alpha value is -1.06. The van der Waals surface area contributed by atoms with E-state index in [-0.39, 0.29) is 12.1 Å². The molecule has 0 spiro atoms. The minimum absolute atomic E-state index is 0.159. The lowest BCUT2D eigenvalue weighted by Gasteiger charge is -2.30. The molecule has 1 aromatic carbocycles. The molecular formula is C18H31NO2. The zero-order chi connectivity index (χ0) is 15.6. The second kappa shape index (κ2) is 9.80. The van der Waals surface area contributed by atoms with Crippen LogP contribution in [0, 0.1) is 0 Å². The van der Waals surface area contributed by atoms with Crippen molar-refractivity contribution in [3.63, 3.8) is 0 Å². The fourth-order valence-electron chi connectivity index (χ4n) is 2.48. The molecule has 3 nitrogen and oxygen atoms in total. The lowest BCUT2D eigenvalue weighted by molar-refractivity contribution is 0.145. The van der Waals surface area contributed by atoms with Crippen molar-refractivity contribution in [1.82, 2.24) is 5.32 Å². The Morgan fingerprint density at radius 3 is 2.38 bits per heavy atom. The number of nitrogens with one attached hydrogen (secondary N) is 1. The number of aliphatic hydroxyl groups is 1. The molecule has 0 saturated heterocycles. The van der Waals surface area contributed by atoms with Crippen molar-refractivity contribution in [2.24, 2.45) is 0 Å². The van der Waals surface area contributed by atoms with Crippen LogP contribution in [0.1, 0.15) is 51.5 Å². The van der Waals surface area contributed by atoms with Crippen LogP contribution in [-0.4, -0.2) is 30.9 Å². The van der Waals surface area contributed by atoms with E-state index < -0.39 is 0 Å². The summed E-state index contributed by atoms with van der Waals surface area (Å²) in [4.78, 5) is 0. The van der Waals surface area contributed by atoms with Crippen LogP contribution in [0.4, 0.5) is 0 Å². The van der Waals surface area contributed by atoms with Crippen molar-refractivity contribution < 1.29 is 9.84 Å². The van der Waals surface area contributed by atoms with Crippen molar-refractivity contribution in [2.45, 2.75) is 57.9 Å². The van der Waals surface area contributed by atoms with E-state index in [1.807, 2.05) is 7.05 Å². The van der Waals surface area contributed by atoms with Crippen molar-refractivity contribution in [2.75, 3.05) is 20.3 Å². The summed E-state index contributed by atoms with van der Waals surface area (Å²) in [6, 6.07) is 8.43. The van der Waals surface area contributed by atoms with Crippen molar-refractivity contribution in [1.29, 1.82) is 0 Å². The highest BCUT2D eigenvalue weighted by molar-refractivity contribution is 5.27. The van der Waals surface area contributed by atoms with Crippen LogP contribution >= 0.6 is 0 Å². The van der Waals surface area contributed by atoms with Gasteiger partial charge in [0.1, 0.15) is 5.75 Å². The number of hydrogen-bond acceptors (Lipinski definition) is 3. The number of aryl methyl sites for hydroxylation is 1. The fraction of sp³-hybridized carbons (Fsp3) is 0.667. The number of benzene rings is 1. The molecule has 0 aliphatic carbocycles. The van der Waals surface area contributed by atoms with E-state index in [4.69, 9.17) is 4.74 Å². The summed E-state index contributed by atoms with van der Waals surface area (Å²) in [5.41, 5.74) is 1.22. The smallest absolute Gasteiger partial charge is 0.119 e. The first-order chi connectivity index (χ1) is 10.2. The van der Waals surface area contributed by atoms with E-state index in [0.717, 1.165) is 31.4 Å². The van der Waals surface area contributed by atoms with Gasteiger partial charge in [-0.25, -0.2) is 0 Å². The number of aliphatic hydroxyl groups excluding tert-OH is 1. The molecule has 2 N–H and O–H groups in total. The molecule has 0 aliphatic heterocycles. The lowest BCUT2D eigenvalue weighted by atomic mass is 9.92. The summed E-state index contributed by atoms with van der Waals surface area (Å²) >= 11 is 0. The highest BCUT2D eigenvalue weighted by atomic mass is 16.5. The minimum Gasteiger partial charge on any atom is -0.494 e. The molecule has 3 heteroatoms. The van der Waals surface area contributed by atoms with E-state index in [9.17, 15) is 5.11 Å². The molecule has 0 heterocycles. The predicted molar refractivity (Wildman–Crippen MR) is 89.0 cm³/mol. The molecular weight excluding hydrogens is 262 g/mol. The van der Waals surface area contributed by atoms with Gasteiger partial charge < -0.3 is 15.2 Å². The van der Waals surface area contributed by atoms with Gasteiger partial charge in [-0.15, -0.1) is 0 Å². The molecule has 21 heavy (non-hydrogen) atoms. The van der Waals surface area contributed by atoms with Gasteiger partial charge in [0.05, 0.1) is 13.2 Å². The molecule has 0 aromatic heterocycles. The third-order valence-corrected chi connectivity index (χ3v) is 4.32. The SMILES string of the molecule is CCCCc1ccc(OCCCC(CC)(CO)NC)cc1. The molecule has 0 saturated carbocycles. The van der Waals surface area contributed by atoms with Gasteiger partial charge in [-0.3, -0.25) is 0 Å². The Morgan fingerprint density at radius 1 is 1.14 bits per heavy atom. The average molecular weight is 293 g/mol. The minimum atomic E-state index is -0.159. The number of rotatable bonds is 11. The monoisotopic (exact) mass is 293 g/mol. The third kappa shape index (κ3) is 6.06.